The molecule has 0 bridgehead atoms. The summed E-state index contributed by atoms with van der Waals surface area (Å²) in [5.74, 6) is 0.195. The van der Waals surface area contributed by atoms with E-state index in [4.69, 9.17) is 0 Å². The summed E-state index contributed by atoms with van der Waals surface area (Å²) in [6, 6.07) is 0. The van der Waals surface area contributed by atoms with Crippen LogP contribution in [0.3, 0.4) is 0 Å². The van der Waals surface area contributed by atoms with E-state index >= 15 is 0 Å². The number of Topliss-reactive ketones (excluding diaryl/α,β-unsaturated/α-hetero) is 1. The zero-order valence-corrected chi connectivity index (χ0v) is 8.09. The van der Waals surface area contributed by atoms with E-state index in [0.29, 0.717) is 12.8 Å². The highest BCUT2D eigenvalue weighted by Gasteiger charge is 1.92. The third-order valence-electron chi connectivity index (χ3n) is 1.55. The fraction of sp³-hybridized carbons (Fsp3) is 0.364. The van der Waals surface area contributed by atoms with Gasteiger partial charge in [0.25, 0.3) is 0 Å². The Morgan fingerprint density at radius 1 is 1.15 bits per heavy atom. The molecule has 0 heterocycles. The summed E-state index contributed by atoms with van der Waals surface area (Å²) in [7, 11) is 0. The van der Waals surface area contributed by atoms with Gasteiger partial charge < -0.3 is 4.79 Å². The van der Waals surface area contributed by atoms with Crippen molar-refractivity contribution in [3.8, 4) is 0 Å². The first-order valence-electron chi connectivity index (χ1n) is 4.25. The molecular weight excluding hydrogens is 167 g/mol. The average molecular weight is 182 g/mol. The van der Waals surface area contributed by atoms with Crippen molar-refractivity contribution in [2.45, 2.75) is 26.7 Å². The van der Waals surface area contributed by atoms with Crippen LogP contribution >= 0.6 is 0 Å². The van der Waals surface area contributed by atoms with Crippen molar-refractivity contribution < 1.29 is 9.18 Å². The third kappa shape index (κ3) is 8.73. The average Bonchev–Trinajstić information content (AvgIpc) is 2.09. The van der Waals surface area contributed by atoms with Crippen LogP contribution in [0.25, 0.3) is 0 Å². The molecule has 0 unspecified atom stereocenters. The molecule has 0 aliphatic heterocycles. The highest BCUT2D eigenvalue weighted by atomic mass is 19.1. The van der Waals surface area contributed by atoms with Crippen LogP contribution in [0, 0.1) is 0 Å². The zero-order chi connectivity index (χ0) is 10.1. The Hall–Kier alpha value is -1.18. The molecule has 0 radical (unpaired) electrons. The van der Waals surface area contributed by atoms with Crippen LogP contribution in [-0.2, 0) is 4.79 Å². The second-order valence-electron chi connectivity index (χ2n) is 2.92. The minimum Gasteiger partial charge on any atom is -0.300 e. The van der Waals surface area contributed by atoms with Crippen molar-refractivity contribution in [2.24, 2.45) is 0 Å². The van der Waals surface area contributed by atoms with Crippen molar-refractivity contribution in [2.75, 3.05) is 0 Å². The van der Waals surface area contributed by atoms with Gasteiger partial charge in [-0.15, -0.1) is 0 Å². The van der Waals surface area contributed by atoms with Crippen LogP contribution < -0.4 is 0 Å². The third-order valence-corrected chi connectivity index (χ3v) is 1.55. The Balaban J connectivity index is 3.81. The van der Waals surface area contributed by atoms with E-state index < -0.39 is 0 Å². The number of hydrogen-bond acceptors (Lipinski definition) is 1. The summed E-state index contributed by atoms with van der Waals surface area (Å²) in [5.41, 5.74) is 1.12. The molecule has 0 aromatic heterocycles. The maximum atomic E-state index is 11.5. The number of rotatable bonds is 5. The first-order chi connectivity index (χ1) is 6.16. The fourth-order valence-corrected chi connectivity index (χ4v) is 0.783. The van der Waals surface area contributed by atoms with Crippen molar-refractivity contribution >= 4 is 5.78 Å². The summed E-state index contributed by atoms with van der Waals surface area (Å²) >= 11 is 0. The van der Waals surface area contributed by atoms with Crippen molar-refractivity contribution in [3.05, 3.63) is 36.2 Å². The molecule has 0 spiro atoms. The topological polar surface area (TPSA) is 17.1 Å². The largest absolute Gasteiger partial charge is 0.300 e. The molecule has 0 aromatic rings. The second kappa shape index (κ2) is 7.47. The van der Waals surface area contributed by atoms with E-state index in [1.807, 2.05) is 13.0 Å². The van der Waals surface area contributed by atoms with Gasteiger partial charge in [0, 0.05) is 6.42 Å². The number of carbonyl (C=O) groups excluding carboxylic acids is 1. The lowest BCUT2D eigenvalue weighted by Crippen LogP contribution is -1.89. The van der Waals surface area contributed by atoms with E-state index in [1.165, 1.54) is 6.08 Å². The van der Waals surface area contributed by atoms with Gasteiger partial charge in [0.15, 0.2) is 0 Å². The van der Waals surface area contributed by atoms with Gasteiger partial charge in [0.05, 0.1) is 6.33 Å². The molecule has 0 saturated heterocycles. The number of carbonyl (C=O) groups is 1. The minimum absolute atomic E-state index is 0.195. The van der Waals surface area contributed by atoms with E-state index in [1.54, 1.807) is 19.1 Å². The molecule has 0 aliphatic rings. The predicted octanol–water partition coefficient (Wildman–Crippen LogP) is 3.34. The summed E-state index contributed by atoms with van der Waals surface area (Å²) < 4.78 is 11.5. The van der Waals surface area contributed by atoms with E-state index in [9.17, 15) is 9.18 Å². The van der Waals surface area contributed by atoms with Crippen LogP contribution in [0.5, 0.6) is 0 Å². The molecule has 0 fully saturated rings. The number of halogens is 1. The monoisotopic (exact) mass is 182 g/mol. The van der Waals surface area contributed by atoms with Gasteiger partial charge >= 0.3 is 0 Å². The van der Waals surface area contributed by atoms with Gasteiger partial charge in [0.2, 0.25) is 0 Å². The molecule has 1 nitrogen and oxygen atoms in total. The van der Waals surface area contributed by atoms with E-state index in [0.717, 1.165) is 12.0 Å². The molecule has 0 rings (SSSR count). The lowest BCUT2D eigenvalue weighted by Gasteiger charge is -1.95. The Morgan fingerprint density at radius 2 is 1.85 bits per heavy atom. The molecule has 72 valence electrons. The van der Waals surface area contributed by atoms with Crippen LogP contribution in [-0.4, -0.2) is 5.78 Å². The zero-order valence-electron chi connectivity index (χ0n) is 8.09. The molecule has 0 aliphatic carbocycles. The second-order valence-corrected chi connectivity index (χ2v) is 2.92. The first kappa shape index (κ1) is 11.8. The molecule has 0 N–H and O–H groups in total. The van der Waals surface area contributed by atoms with Gasteiger partial charge in [-0.25, -0.2) is 4.39 Å². The summed E-state index contributed by atoms with van der Waals surface area (Å²) in [5, 5.41) is 0. The van der Waals surface area contributed by atoms with Gasteiger partial charge in [-0.2, -0.15) is 0 Å². The number of allylic oxidation sites excluding steroid dienone is 5. The molecule has 0 atom stereocenters. The molecular formula is C11H15FO. The molecule has 0 amide bonds. The minimum atomic E-state index is 0.195. The number of hydrogen-bond donors (Lipinski definition) is 0. The van der Waals surface area contributed by atoms with Crippen LogP contribution in [0.2, 0.25) is 0 Å². The Bertz CT molecular complexity index is 236. The maximum Gasteiger partial charge on any atom is 0.130 e. The molecule has 0 aromatic carbocycles. The highest BCUT2D eigenvalue weighted by molar-refractivity contribution is 5.75. The van der Waals surface area contributed by atoms with Gasteiger partial charge in [0.1, 0.15) is 5.78 Å². The summed E-state index contributed by atoms with van der Waals surface area (Å²) in [6.45, 7) is 3.53. The lowest BCUT2D eigenvalue weighted by molar-refractivity contribution is -0.116. The quantitative estimate of drug-likeness (QED) is 0.596. The van der Waals surface area contributed by atoms with Crippen molar-refractivity contribution in [1.29, 1.82) is 0 Å². The molecule has 2 heteroatoms. The number of ketones is 1. The van der Waals surface area contributed by atoms with Gasteiger partial charge in [-0.3, -0.25) is 0 Å². The first-order valence-corrected chi connectivity index (χ1v) is 4.25. The Morgan fingerprint density at radius 3 is 2.38 bits per heavy atom. The van der Waals surface area contributed by atoms with Crippen molar-refractivity contribution in [1.82, 2.24) is 0 Å². The maximum absolute atomic E-state index is 11.5. The Labute approximate surface area is 78.6 Å². The van der Waals surface area contributed by atoms with Crippen LogP contribution in [0.1, 0.15) is 26.7 Å². The predicted molar refractivity (Wildman–Crippen MR) is 53.1 cm³/mol. The molecule has 13 heavy (non-hydrogen) atoms. The van der Waals surface area contributed by atoms with Gasteiger partial charge in [-0.05, 0) is 26.3 Å². The fourth-order valence-electron chi connectivity index (χ4n) is 0.783. The summed E-state index contributed by atoms with van der Waals surface area (Å²) in [6.07, 6.45) is 8.39. The SMILES string of the molecule is CC(=O)CC/C(C)=C/C=C\C=C\F. The van der Waals surface area contributed by atoms with Crippen LogP contribution in [0.4, 0.5) is 4.39 Å². The smallest absolute Gasteiger partial charge is 0.130 e. The van der Waals surface area contributed by atoms with E-state index in [2.05, 4.69) is 0 Å². The van der Waals surface area contributed by atoms with Crippen LogP contribution in [0.15, 0.2) is 36.2 Å². The molecule has 0 saturated carbocycles. The van der Waals surface area contributed by atoms with Gasteiger partial charge in [-0.1, -0.05) is 23.8 Å². The standard InChI is InChI=1S/C11H15FO/c1-10(7-8-11(2)13)6-4-3-5-9-12/h3-6,9H,7-8H2,1-2H3/b4-3-,9-5+,10-6+. The van der Waals surface area contributed by atoms with Crippen molar-refractivity contribution in [3.63, 3.8) is 0 Å². The normalized spacial score (nSPS) is 13.0. The van der Waals surface area contributed by atoms with E-state index in [-0.39, 0.29) is 5.78 Å². The lowest BCUT2D eigenvalue weighted by atomic mass is 10.1. The Kier molecular flexibility index (Phi) is 6.79. The highest BCUT2D eigenvalue weighted by Crippen LogP contribution is 2.04. The summed E-state index contributed by atoms with van der Waals surface area (Å²) in [4.78, 5) is 10.6.